The van der Waals surface area contributed by atoms with E-state index in [4.69, 9.17) is 33.2 Å². The highest BCUT2D eigenvalue weighted by molar-refractivity contribution is 7.99. The number of piperazine rings is 1. The van der Waals surface area contributed by atoms with Crippen molar-refractivity contribution in [2.24, 2.45) is 5.92 Å². The van der Waals surface area contributed by atoms with Crippen LogP contribution < -0.4 is 29.6 Å². The lowest BCUT2D eigenvalue weighted by Crippen LogP contribution is -2.72. The molecule has 2 saturated heterocycles. The van der Waals surface area contributed by atoms with E-state index in [0.29, 0.717) is 65.3 Å². The van der Waals surface area contributed by atoms with Crippen molar-refractivity contribution in [2.75, 3.05) is 39.9 Å². The number of nitrogens with zero attached hydrogens (tertiary/aromatic N) is 2. The molecule has 4 N–H and O–H groups in total. The van der Waals surface area contributed by atoms with E-state index in [9.17, 15) is 25.1 Å². The molecule has 2 fully saturated rings. The van der Waals surface area contributed by atoms with Crippen LogP contribution in [0, 0.1) is 24.2 Å². The Hall–Kier alpha value is -4.82. The summed E-state index contributed by atoms with van der Waals surface area (Å²) in [7, 11) is 3.02. The maximum absolute atomic E-state index is 14.9. The normalized spacial score (nSPS) is 31.0. The number of phenolic OH excluding ortho intramolecular Hbond substituents is 1. The quantitative estimate of drug-likeness (QED) is 0.232. The number of aliphatic hydroxyl groups is 1. The fraction of sp³-hybridized carbons (Fsp3) is 0.548. The molecule has 2 aromatic rings. The van der Waals surface area contributed by atoms with E-state index >= 15 is 0 Å². The molecule has 0 aromatic heterocycles. The first-order chi connectivity index (χ1) is 27.7. The van der Waals surface area contributed by atoms with Gasteiger partial charge in [-0.3, -0.25) is 10.2 Å². The van der Waals surface area contributed by atoms with Gasteiger partial charge in [0, 0.05) is 52.6 Å². The standard InChI is InChI=1S/C42H48N4O11S/c1-18-10-21-11-23-24(14-43)46-25-15-53-39(49)42(22-13-26(51-6)27(12-20(22)8-9-44-42)56-40(50)57-41(3,4)5)16-58-38(32(46)31(45-23)28(21)34(48)35(18)52-7)30-29(25)37-36(54-17-55-37)19(2)33(30)47/h12-13,18,23-25,31-32,38,44-45,47-48H,8-11,15-17H2,1-7H3/t18?,23-,24-,25-,31+,32?,38+,42+/m0/s1. The average molecular weight is 817 g/mol. The molecule has 7 aliphatic heterocycles. The molecule has 2 aromatic carbocycles. The molecule has 2 unspecified atom stereocenters. The number of hydrogen-bond donors (Lipinski definition) is 4. The van der Waals surface area contributed by atoms with Crippen LogP contribution in [-0.4, -0.2) is 96.9 Å². The van der Waals surface area contributed by atoms with Crippen LogP contribution in [0.15, 0.2) is 34.8 Å². The van der Waals surface area contributed by atoms with Crippen molar-refractivity contribution in [1.82, 2.24) is 15.5 Å². The minimum absolute atomic E-state index is 0.0419. The van der Waals surface area contributed by atoms with E-state index in [0.717, 1.165) is 16.7 Å². The predicted octanol–water partition coefficient (Wildman–Crippen LogP) is 5.24. The largest absolute Gasteiger partial charge is 0.514 e. The Morgan fingerprint density at radius 2 is 1.86 bits per heavy atom. The summed E-state index contributed by atoms with van der Waals surface area (Å²) in [6.07, 6.45) is 0.840. The number of fused-ring (bicyclic) bond motifs is 8. The third-order valence-corrected chi connectivity index (χ3v) is 14.1. The molecule has 308 valence electrons. The third-order valence-electron chi connectivity index (χ3n) is 12.6. The van der Waals surface area contributed by atoms with Gasteiger partial charge in [-0.2, -0.15) is 5.26 Å². The monoisotopic (exact) mass is 816 g/mol. The molecule has 1 spiro atoms. The summed E-state index contributed by atoms with van der Waals surface area (Å²) < 4.78 is 41.1. The van der Waals surface area contributed by atoms with Crippen molar-refractivity contribution in [3.8, 4) is 34.8 Å². The SMILES string of the molecule is COC1=C(O)C2=C(CC1C)C[C@@H]1N[C@H]2C2[C@@H]3SC[C@]4(NCCc5cc(OC(=O)OC(C)(C)C)c(OC)cc54)C(=O)OC[C@@H](c4c5c(c(C)c(O)c43)OCO5)N2[C@H]1C#N. The summed E-state index contributed by atoms with van der Waals surface area (Å²) in [5.41, 5.74) is 2.77. The van der Waals surface area contributed by atoms with Gasteiger partial charge in [0.2, 0.25) is 6.79 Å². The molecule has 10 rings (SSSR count). The Labute approximate surface area is 340 Å². The molecule has 0 saturated carbocycles. The molecule has 4 bridgehead atoms. The van der Waals surface area contributed by atoms with Gasteiger partial charge in [0.15, 0.2) is 34.3 Å². The van der Waals surface area contributed by atoms with Crippen LogP contribution in [0.3, 0.4) is 0 Å². The van der Waals surface area contributed by atoms with E-state index in [1.165, 1.54) is 18.9 Å². The van der Waals surface area contributed by atoms with Gasteiger partial charge in [-0.25, -0.2) is 9.59 Å². The van der Waals surface area contributed by atoms with Crippen molar-refractivity contribution in [3.63, 3.8) is 0 Å². The first-order valence-electron chi connectivity index (χ1n) is 19.6. The van der Waals surface area contributed by atoms with Gasteiger partial charge in [-0.15, -0.1) is 11.8 Å². The molecular formula is C42H48N4O11S. The van der Waals surface area contributed by atoms with Crippen molar-refractivity contribution in [1.29, 1.82) is 5.26 Å². The van der Waals surface area contributed by atoms with Gasteiger partial charge in [-0.05, 0) is 70.2 Å². The number of ether oxygens (including phenoxy) is 7. The predicted molar refractivity (Wildman–Crippen MR) is 209 cm³/mol. The van der Waals surface area contributed by atoms with E-state index in [1.54, 1.807) is 46.9 Å². The number of carbonyl (C=O) groups is 2. The van der Waals surface area contributed by atoms with E-state index < -0.39 is 52.7 Å². The second-order valence-corrected chi connectivity index (χ2v) is 18.2. The molecule has 1 aliphatic carbocycles. The summed E-state index contributed by atoms with van der Waals surface area (Å²) in [4.78, 5) is 29.8. The number of carbonyl (C=O) groups excluding carboxylic acids is 2. The third kappa shape index (κ3) is 5.71. The second kappa shape index (κ2) is 13.9. The minimum Gasteiger partial charge on any atom is -0.507 e. The van der Waals surface area contributed by atoms with E-state index in [2.05, 4.69) is 21.6 Å². The zero-order chi connectivity index (χ0) is 41.0. The maximum atomic E-state index is 14.9. The lowest BCUT2D eigenvalue weighted by atomic mass is 9.69. The molecule has 0 radical (unpaired) electrons. The van der Waals surface area contributed by atoms with Crippen molar-refractivity contribution in [3.05, 3.63) is 62.6 Å². The second-order valence-electron chi connectivity index (χ2n) is 17.0. The minimum atomic E-state index is -1.40. The smallest absolute Gasteiger partial charge is 0.507 e. The van der Waals surface area contributed by atoms with E-state index in [1.807, 2.05) is 6.92 Å². The molecule has 8 aliphatic rings. The lowest BCUT2D eigenvalue weighted by molar-refractivity contribution is -0.155. The van der Waals surface area contributed by atoms with Gasteiger partial charge in [0.05, 0.1) is 37.6 Å². The van der Waals surface area contributed by atoms with Crippen LogP contribution in [0.1, 0.15) is 79.6 Å². The summed E-state index contributed by atoms with van der Waals surface area (Å²) >= 11 is 1.46. The summed E-state index contributed by atoms with van der Waals surface area (Å²) in [5.74, 6) is 1.46. The number of aliphatic hydroxyl groups excluding tert-OH is 1. The number of aromatic hydroxyl groups is 1. The Morgan fingerprint density at radius 3 is 2.59 bits per heavy atom. The maximum Gasteiger partial charge on any atom is 0.514 e. The van der Waals surface area contributed by atoms with Crippen LogP contribution in [-0.2, 0) is 31.0 Å². The number of nitrogens with one attached hydrogen (secondary N) is 2. The molecule has 0 amide bonds. The van der Waals surface area contributed by atoms with Gasteiger partial charge in [-0.1, -0.05) is 12.5 Å². The number of nitriles is 1. The molecular weight excluding hydrogens is 769 g/mol. The van der Waals surface area contributed by atoms with Crippen molar-refractivity contribution >= 4 is 23.9 Å². The summed E-state index contributed by atoms with van der Waals surface area (Å²) in [6.45, 7) is 9.22. The van der Waals surface area contributed by atoms with Gasteiger partial charge < -0.3 is 48.7 Å². The number of benzene rings is 2. The molecule has 7 heterocycles. The van der Waals surface area contributed by atoms with E-state index in [-0.39, 0.29) is 54.1 Å². The number of methoxy groups -OCH3 is 2. The van der Waals surface area contributed by atoms with Crippen molar-refractivity contribution in [2.45, 2.75) is 100 Å². The lowest BCUT2D eigenvalue weighted by Gasteiger charge is -2.59. The molecule has 8 atom stereocenters. The van der Waals surface area contributed by atoms with Gasteiger partial charge >= 0.3 is 12.1 Å². The Kier molecular flexibility index (Phi) is 9.27. The average Bonchev–Trinajstić information content (AvgIpc) is 3.67. The van der Waals surface area contributed by atoms with Gasteiger partial charge in [0.25, 0.3) is 0 Å². The summed E-state index contributed by atoms with van der Waals surface area (Å²) in [5, 5.41) is 41.9. The van der Waals surface area contributed by atoms with Crippen LogP contribution in [0.5, 0.6) is 28.7 Å². The molecule has 15 nitrogen and oxygen atoms in total. The molecule has 58 heavy (non-hydrogen) atoms. The zero-order valence-electron chi connectivity index (χ0n) is 33.5. The Morgan fingerprint density at radius 1 is 1.09 bits per heavy atom. The molecule has 16 heteroatoms. The zero-order valence-corrected chi connectivity index (χ0v) is 34.3. The number of phenols is 1. The number of thioether (sulfide) groups is 1. The highest BCUT2D eigenvalue weighted by Gasteiger charge is 2.60. The van der Waals surface area contributed by atoms with Crippen LogP contribution in [0.2, 0.25) is 0 Å². The highest BCUT2D eigenvalue weighted by atomic mass is 32.2. The first kappa shape index (κ1) is 38.7. The topological polar surface area (TPSA) is 190 Å². The first-order valence-corrected chi connectivity index (χ1v) is 20.7. The summed E-state index contributed by atoms with van der Waals surface area (Å²) in [6, 6.07) is 3.30. The highest BCUT2D eigenvalue weighted by Crippen LogP contribution is 2.62. The fourth-order valence-corrected chi connectivity index (χ4v) is 12.0. The number of allylic oxidation sites excluding steroid dienone is 1. The fourth-order valence-electron chi connectivity index (χ4n) is 10.3. The van der Waals surface area contributed by atoms with Crippen LogP contribution in [0.4, 0.5) is 4.79 Å². The van der Waals surface area contributed by atoms with Crippen molar-refractivity contribution < 1.29 is 53.0 Å². The Bertz CT molecular complexity index is 2230. The van der Waals surface area contributed by atoms with Crippen LogP contribution in [0.25, 0.3) is 0 Å². The number of hydrogen-bond acceptors (Lipinski definition) is 16. The Balaban J connectivity index is 1.21. The number of esters is 1. The number of rotatable bonds is 3. The van der Waals surface area contributed by atoms with Crippen LogP contribution >= 0.6 is 11.8 Å². The van der Waals surface area contributed by atoms with Gasteiger partial charge in [0.1, 0.15) is 29.8 Å².